The van der Waals surface area contributed by atoms with E-state index in [1.54, 1.807) is 6.92 Å². The zero-order chi connectivity index (χ0) is 20.1. The number of anilines is 2. The van der Waals surface area contributed by atoms with Crippen molar-refractivity contribution < 1.29 is 28.5 Å². The topological polar surface area (TPSA) is 137 Å². The van der Waals surface area contributed by atoms with Gasteiger partial charge < -0.3 is 18.9 Å². The van der Waals surface area contributed by atoms with Crippen molar-refractivity contribution in [1.82, 2.24) is 5.16 Å². The van der Waals surface area contributed by atoms with Crippen molar-refractivity contribution >= 4 is 29.1 Å². The Bertz CT molecular complexity index is 889. The first-order valence-electron chi connectivity index (χ1n) is 8.45. The monoisotopic (exact) mass is 390 g/mol. The van der Waals surface area contributed by atoms with Crippen LogP contribution in [0.4, 0.5) is 17.3 Å². The normalized spacial score (nSPS) is 13.8. The number of hydrogen-bond donors (Lipinski definition) is 1. The predicted molar refractivity (Wildman–Crippen MR) is 96.3 cm³/mol. The summed E-state index contributed by atoms with van der Waals surface area (Å²) in [6, 6.07) is 5.47. The third-order valence-corrected chi connectivity index (χ3v) is 3.99. The molecule has 1 aliphatic rings. The first-order chi connectivity index (χ1) is 13.4. The van der Waals surface area contributed by atoms with Crippen LogP contribution in [0, 0.1) is 17.0 Å². The maximum Gasteiger partial charge on any atom is 0.341 e. The summed E-state index contributed by atoms with van der Waals surface area (Å²) in [5, 5.41) is 17.1. The van der Waals surface area contributed by atoms with Crippen LogP contribution in [0.1, 0.15) is 16.1 Å². The van der Waals surface area contributed by atoms with Crippen LogP contribution in [-0.2, 0) is 14.3 Å². The van der Waals surface area contributed by atoms with E-state index >= 15 is 0 Å². The van der Waals surface area contributed by atoms with Crippen LogP contribution >= 0.6 is 0 Å². The largest absolute Gasteiger partial charge is 0.452 e. The number of aromatic nitrogens is 1. The van der Waals surface area contributed by atoms with Gasteiger partial charge in [0.2, 0.25) is 5.88 Å². The molecule has 1 aliphatic heterocycles. The molecule has 148 valence electrons. The van der Waals surface area contributed by atoms with Crippen LogP contribution in [-0.4, -0.2) is 54.9 Å². The van der Waals surface area contributed by atoms with Crippen molar-refractivity contribution in [3.63, 3.8) is 0 Å². The molecule has 1 saturated heterocycles. The molecular formula is C17H18N4O7. The van der Waals surface area contributed by atoms with Gasteiger partial charge in [0.1, 0.15) is 0 Å². The van der Waals surface area contributed by atoms with Crippen LogP contribution in [0.2, 0.25) is 0 Å². The van der Waals surface area contributed by atoms with Crippen LogP contribution in [0.3, 0.4) is 0 Å². The van der Waals surface area contributed by atoms with Crippen molar-refractivity contribution in [3.05, 3.63) is 45.6 Å². The molecule has 3 rings (SSSR count). The van der Waals surface area contributed by atoms with E-state index in [4.69, 9.17) is 14.0 Å². The number of non-ortho nitro benzene ring substituents is 1. The number of ether oxygens (including phenoxy) is 2. The average molecular weight is 390 g/mol. The van der Waals surface area contributed by atoms with Gasteiger partial charge in [0.25, 0.3) is 11.6 Å². The highest BCUT2D eigenvalue weighted by Gasteiger charge is 2.23. The van der Waals surface area contributed by atoms with Gasteiger partial charge in [0.05, 0.1) is 35.1 Å². The molecule has 0 radical (unpaired) electrons. The molecule has 0 bridgehead atoms. The number of esters is 1. The molecule has 28 heavy (non-hydrogen) atoms. The van der Waals surface area contributed by atoms with Crippen LogP contribution in [0.5, 0.6) is 0 Å². The van der Waals surface area contributed by atoms with E-state index in [2.05, 4.69) is 10.5 Å². The number of nitrogens with one attached hydrogen (secondary N) is 1. The van der Waals surface area contributed by atoms with E-state index in [1.165, 1.54) is 18.2 Å². The second-order valence-electron chi connectivity index (χ2n) is 6.01. The van der Waals surface area contributed by atoms with E-state index in [1.807, 2.05) is 4.90 Å². The lowest BCUT2D eigenvalue weighted by Crippen LogP contribution is -2.37. The third kappa shape index (κ3) is 4.62. The van der Waals surface area contributed by atoms with Crippen LogP contribution in [0.25, 0.3) is 0 Å². The van der Waals surface area contributed by atoms with Gasteiger partial charge in [0, 0.05) is 31.3 Å². The fraction of sp³-hybridized carbons (Fsp3) is 0.353. The fourth-order valence-electron chi connectivity index (χ4n) is 2.69. The Morgan fingerprint density at radius 3 is 2.71 bits per heavy atom. The first kappa shape index (κ1) is 19.3. The number of carbonyl (C=O) groups is 2. The van der Waals surface area contributed by atoms with Gasteiger partial charge in [-0.2, -0.15) is 0 Å². The van der Waals surface area contributed by atoms with Gasteiger partial charge >= 0.3 is 5.97 Å². The average Bonchev–Trinajstić information content (AvgIpc) is 3.10. The van der Waals surface area contributed by atoms with Crippen LogP contribution in [0.15, 0.2) is 28.8 Å². The number of aryl methyl sites for hydroxylation is 1. The van der Waals surface area contributed by atoms with Gasteiger partial charge in [-0.15, -0.1) is 0 Å². The number of nitrogens with zero attached hydrogens (tertiary/aromatic N) is 3. The lowest BCUT2D eigenvalue weighted by molar-refractivity contribution is -0.384. The second kappa shape index (κ2) is 8.48. The van der Waals surface area contributed by atoms with Gasteiger partial charge in [0.15, 0.2) is 6.61 Å². The molecule has 0 unspecified atom stereocenters. The van der Waals surface area contributed by atoms with Crippen molar-refractivity contribution in [2.24, 2.45) is 0 Å². The number of carbonyl (C=O) groups excluding carboxylic acids is 2. The lowest BCUT2D eigenvalue weighted by atomic mass is 10.1. The Morgan fingerprint density at radius 1 is 1.32 bits per heavy atom. The van der Waals surface area contributed by atoms with E-state index in [9.17, 15) is 19.7 Å². The quantitative estimate of drug-likeness (QED) is 0.442. The molecule has 2 heterocycles. The molecule has 1 fully saturated rings. The highest BCUT2D eigenvalue weighted by Crippen LogP contribution is 2.27. The van der Waals surface area contributed by atoms with Crippen molar-refractivity contribution in [3.8, 4) is 0 Å². The summed E-state index contributed by atoms with van der Waals surface area (Å²) in [5.74, 6) is -1.33. The molecule has 11 nitrogen and oxygen atoms in total. The van der Waals surface area contributed by atoms with Crippen LogP contribution < -0.4 is 10.2 Å². The summed E-state index contributed by atoms with van der Waals surface area (Å²) >= 11 is 0. The number of hydrogen-bond acceptors (Lipinski definition) is 9. The van der Waals surface area contributed by atoms with Gasteiger partial charge in [-0.1, -0.05) is 5.16 Å². The summed E-state index contributed by atoms with van der Waals surface area (Å²) in [4.78, 5) is 36.8. The minimum Gasteiger partial charge on any atom is -0.452 e. The van der Waals surface area contributed by atoms with E-state index < -0.39 is 23.4 Å². The standard InChI is InChI=1S/C17H18N4O7/c1-11-8-16(28-19-11)18-15(22)10-27-17(23)13-9-12(21(24)25)2-3-14(13)20-4-6-26-7-5-20/h2-3,8-9H,4-7,10H2,1H3,(H,18,22). The number of nitro benzene ring substituents is 1. The summed E-state index contributed by atoms with van der Waals surface area (Å²) in [6.45, 7) is 3.13. The maximum atomic E-state index is 12.5. The minimum absolute atomic E-state index is 0.0133. The molecule has 0 aliphatic carbocycles. The Kier molecular flexibility index (Phi) is 5.84. The van der Waals surface area contributed by atoms with E-state index in [0.717, 1.165) is 6.07 Å². The highest BCUT2D eigenvalue weighted by atomic mass is 16.6. The second-order valence-corrected chi connectivity index (χ2v) is 6.01. The van der Waals surface area contributed by atoms with Gasteiger partial charge in [-0.25, -0.2) is 4.79 Å². The smallest absolute Gasteiger partial charge is 0.341 e. The van der Waals surface area contributed by atoms with E-state index in [0.29, 0.717) is 37.7 Å². The maximum absolute atomic E-state index is 12.5. The Hall–Kier alpha value is -3.47. The summed E-state index contributed by atoms with van der Waals surface area (Å²) in [7, 11) is 0. The molecule has 0 atom stereocenters. The molecule has 1 N–H and O–H groups in total. The zero-order valence-electron chi connectivity index (χ0n) is 15.0. The van der Waals surface area contributed by atoms with Gasteiger partial charge in [-0.3, -0.25) is 20.2 Å². The number of amides is 1. The number of nitro groups is 1. The number of benzene rings is 1. The lowest BCUT2D eigenvalue weighted by Gasteiger charge is -2.30. The number of morpholine rings is 1. The minimum atomic E-state index is -0.839. The SMILES string of the molecule is Cc1cc(NC(=O)COC(=O)c2cc([N+](=O)[O-])ccc2N2CCOCC2)on1. The van der Waals surface area contributed by atoms with Gasteiger partial charge in [-0.05, 0) is 13.0 Å². The highest BCUT2D eigenvalue weighted by molar-refractivity contribution is 5.99. The summed E-state index contributed by atoms with van der Waals surface area (Å²) < 4.78 is 15.2. The summed E-state index contributed by atoms with van der Waals surface area (Å²) in [5.41, 5.74) is 0.842. The zero-order valence-corrected chi connectivity index (χ0v) is 15.0. The van der Waals surface area contributed by atoms with Crippen molar-refractivity contribution in [2.45, 2.75) is 6.92 Å². The predicted octanol–water partition coefficient (Wildman–Crippen LogP) is 1.52. The molecule has 11 heteroatoms. The van der Waals surface area contributed by atoms with Crippen molar-refractivity contribution in [2.75, 3.05) is 43.1 Å². The Morgan fingerprint density at radius 2 is 2.07 bits per heavy atom. The molecule has 0 spiro atoms. The molecule has 1 amide bonds. The fourth-order valence-corrected chi connectivity index (χ4v) is 2.69. The Labute approximate surface area is 159 Å². The summed E-state index contributed by atoms with van der Waals surface area (Å²) in [6.07, 6.45) is 0. The third-order valence-electron chi connectivity index (χ3n) is 3.99. The molecular weight excluding hydrogens is 372 g/mol. The Balaban J connectivity index is 1.72. The van der Waals surface area contributed by atoms with E-state index in [-0.39, 0.29) is 17.1 Å². The number of rotatable bonds is 6. The molecule has 1 aromatic carbocycles. The molecule has 0 saturated carbocycles. The van der Waals surface area contributed by atoms with Crippen molar-refractivity contribution in [1.29, 1.82) is 0 Å². The molecule has 2 aromatic rings. The first-order valence-corrected chi connectivity index (χ1v) is 8.45. The molecule has 1 aromatic heterocycles.